The van der Waals surface area contributed by atoms with E-state index in [0.717, 1.165) is 12.2 Å². The molecule has 0 aliphatic carbocycles. The van der Waals surface area contributed by atoms with E-state index in [2.05, 4.69) is 6.92 Å². The van der Waals surface area contributed by atoms with Crippen LogP contribution in [0.3, 0.4) is 0 Å². The van der Waals surface area contributed by atoms with Crippen molar-refractivity contribution in [1.82, 2.24) is 0 Å². The van der Waals surface area contributed by atoms with Gasteiger partial charge in [0.25, 0.3) is 5.69 Å². The molecule has 0 heterocycles. The first-order chi connectivity index (χ1) is 10.9. The van der Waals surface area contributed by atoms with Gasteiger partial charge in [-0.3, -0.25) is 0 Å². The smallest absolute Gasteiger partial charge is 0.297 e. The Bertz CT molecular complexity index is 611. The molecule has 130 valence electrons. The highest BCUT2D eigenvalue weighted by molar-refractivity contribution is 8.67. The van der Waals surface area contributed by atoms with Crippen LogP contribution < -0.4 is 4.74 Å². The second kappa shape index (κ2) is 10.4. The van der Waals surface area contributed by atoms with Gasteiger partial charge in [0.2, 0.25) is 0 Å². The largest absolute Gasteiger partial charge is 0.495 e. The van der Waals surface area contributed by atoms with Crippen LogP contribution in [0.1, 0.15) is 25.8 Å². The third kappa shape index (κ3) is 6.32. The van der Waals surface area contributed by atoms with Gasteiger partial charge < -0.3 is 13.8 Å². The Morgan fingerprint density at radius 1 is 1.30 bits per heavy atom. The molecule has 1 aromatic rings. The van der Waals surface area contributed by atoms with Gasteiger partial charge in [0.1, 0.15) is 11.5 Å². The van der Waals surface area contributed by atoms with Gasteiger partial charge in [-0.1, -0.05) is 53.1 Å². The quantitative estimate of drug-likeness (QED) is 0.309. The average molecular weight is 436 g/mol. The number of hydrogen-bond acceptors (Lipinski definition) is 5. The first kappa shape index (κ1) is 21.4. The van der Waals surface area contributed by atoms with Gasteiger partial charge in [-0.2, -0.15) is 0 Å². The Hall–Kier alpha value is 0.390. The van der Waals surface area contributed by atoms with Crippen LogP contribution in [0.15, 0.2) is 17.7 Å². The van der Waals surface area contributed by atoms with E-state index in [9.17, 15) is 0 Å². The van der Waals surface area contributed by atoms with E-state index in [-0.39, 0.29) is 0 Å². The number of halogens is 3. The van der Waals surface area contributed by atoms with Crippen LogP contribution >= 0.6 is 51.9 Å². The van der Waals surface area contributed by atoms with E-state index < -0.39 is 5.69 Å². The zero-order chi connectivity index (χ0) is 17.5. The number of hydrogen-bond donors (Lipinski definition) is 0. The normalized spacial score (nSPS) is 14.4. The van der Waals surface area contributed by atoms with Crippen molar-refractivity contribution in [1.29, 1.82) is 0 Å². The van der Waals surface area contributed by atoms with Crippen LogP contribution in [0.2, 0.25) is 10.0 Å². The molecule has 1 rings (SSSR count). The molecule has 23 heavy (non-hydrogen) atoms. The lowest BCUT2D eigenvalue weighted by Crippen LogP contribution is -1.96. The SMILES string of the molecule is CCCSP(=S)(OCC)OC(=CCl)c1cc(Cl)c(OC)cc1Cl. The fraction of sp³-hybridized carbons (Fsp3) is 0.429. The first-order valence-corrected chi connectivity index (χ1v) is 12.2. The number of benzene rings is 1. The molecule has 0 aliphatic heterocycles. The zero-order valence-corrected chi connectivity index (χ0v) is 17.8. The van der Waals surface area contributed by atoms with Gasteiger partial charge in [-0.15, -0.1) is 0 Å². The number of methoxy groups -OCH3 is 1. The summed E-state index contributed by atoms with van der Waals surface area (Å²) in [7, 11) is 1.52. The molecule has 0 aliphatic rings. The summed E-state index contributed by atoms with van der Waals surface area (Å²) in [5.41, 5.74) is -0.735. The Balaban J connectivity index is 3.13. The van der Waals surface area contributed by atoms with Crippen LogP contribution in [0.4, 0.5) is 0 Å². The van der Waals surface area contributed by atoms with E-state index >= 15 is 0 Å². The van der Waals surface area contributed by atoms with Crippen molar-refractivity contribution in [3.63, 3.8) is 0 Å². The zero-order valence-electron chi connectivity index (χ0n) is 13.0. The van der Waals surface area contributed by atoms with Crippen molar-refractivity contribution < 1.29 is 13.8 Å². The van der Waals surface area contributed by atoms with Crippen LogP contribution in [0, 0.1) is 0 Å². The lowest BCUT2D eigenvalue weighted by molar-refractivity contribution is 0.336. The number of rotatable bonds is 9. The van der Waals surface area contributed by atoms with Gasteiger partial charge in [0, 0.05) is 22.9 Å². The summed E-state index contributed by atoms with van der Waals surface area (Å²) < 4.78 is 16.7. The molecule has 0 saturated heterocycles. The lowest BCUT2D eigenvalue weighted by Gasteiger charge is -2.23. The van der Waals surface area contributed by atoms with Crippen molar-refractivity contribution in [2.75, 3.05) is 19.5 Å². The molecule has 0 fully saturated rings. The van der Waals surface area contributed by atoms with Gasteiger partial charge in [-0.25, -0.2) is 0 Å². The molecule has 0 aromatic heterocycles. The summed E-state index contributed by atoms with van der Waals surface area (Å²) in [6.45, 7) is 4.40. The minimum absolute atomic E-state index is 0.335. The number of ether oxygens (including phenoxy) is 1. The average Bonchev–Trinajstić information content (AvgIpc) is 2.53. The highest BCUT2D eigenvalue weighted by Crippen LogP contribution is 2.63. The lowest BCUT2D eigenvalue weighted by atomic mass is 10.2. The summed E-state index contributed by atoms with van der Waals surface area (Å²) in [6.07, 6.45) is 0.967. The van der Waals surface area contributed by atoms with Gasteiger partial charge >= 0.3 is 0 Å². The highest BCUT2D eigenvalue weighted by atomic mass is 35.5. The molecule has 0 saturated carbocycles. The summed E-state index contributed by atoms with van der Waals surface area (Å²) in [5, 5.41) is 0.800. The predicted molar refractivity (Wildman–Crippen MR) is 107 cm³/mol. The van der Waals surface area contributed by atoms with Crippen LogP contribution in [0.25, 0.3) is 5.76 Å². The minimum atomic E-state index is -2.56. The molecular weight excluding hydrogens is 418 g/mol. The predicted octanol–water partition coefficient (Wildman–Crippen LogP) is 6.96. The van der Waals surface area contributed by atoms with Gasteiger partial charge in [0.05, 0.1) is 23.8 Å². The van der Waals surface area contributed by atoms with Crippen molar-refractivity contribution in [3.8, 4) is 5.75 Å². The highest BCUT2D eigenvalue weighted by Gasteiger charge is 2.24. The molecule has 1 aromatic carbocycles. The molecular formula is C14H18Cl3O3PS2. The fourth-order valence-electron chi connectivity index (χ4n) is 1.57. The Labute approximate surface area is 161 Å². The maximum Gasteiger partial charge on any atom is 0.297 e. The molecule has 9 heteroatoms. The third-order valence-electron chi connectivity index (χ3n) is 2.56. The molecule has 1 unspecified atom stereocenters. The van der Waals surface area contributed by atoms with Crippen LogP contribution in [-0.4, -0.2) is 19.5 Å². The fourth-order valence-corrected chi connectivity index (χ4v) is 6.96. The van der Waals surface area contributed by atoms with E-state index in [4.69, 9.17) is 60.4 Å². The molecule has 1 atom stereocenters. The van der Waals surface area contributed by atoms with E-state index in [1.165, 1.54) is 24.0 Å². The summed E-state index contributed by atoms with van der Waals surface area (Å²) >= 11 is 25.4. The minimum Gasteiger partial charge on any atom is -0.495 e. The van der Waals surface area contributed by atoms with E-state index in [0.29, 0.717) is 33.7 Å². The molecule has 3 nitrogen and oxygen atoms in total. The topological polar surface area (TPSA) is 27.7 Å². The summed E-state index contributed by atoms with van der Waals surface area (Å²) in [5.74, 6) is 1.64. The summed E-state index contributed by atoms with van der Waals surface area (Å²) in [6, 6.07) is 3.24. The summed E-state index contributed by atoms with van der Waals surface area (Å²) in [4.78, 5) is 0. The third-order valence-corrected chi connectivity index (χ3v) is 8.79. The molecule has 0 spiro atoms. The maximum atomic E-state index is 6.28. The van der Waals surface area contributed by atoms with Crippen LogP contribution in [0.5, 0.6) is 5.75 Å². The molecule has 0 amide bonds. The van der Waals surface area contributed by atoms with Crippen molar-refractivity contribution in [2.45, 2.75) is 20.3 Å². The Morgan fingerprint density at radius 3 is 2.52 bits per heavy atom. The monoisotopic (exact) mass is 434 g/mol. The Morgan fingerprint density at radius 2 is 2.00 bits per heavy atom. The van der Waals surface area contributed by atoms with Gasteiger partial charge in [-0.05, 0) is 31.2 Å². The Kier molecular flexibility index (Phi) is 9.69. The second-order valence-corrected chi connectivity index (χ2v) is 11.6. The van der Waals surface area contributed by atoms with Crippen molar-refractivity contribution >= 4 is 69.4 Å². The van der Waals surface area contributed by atoms with Crippen molar-refractivity contribution in [3.05, 3.63) is 33.3 Å². The molecule has 0 radical (unpaired) electrons. The molecule has 0 bridgehead atoms. The first-order valence-electron chi connectivity index (χ1n) is 6.83. The van der Waals surface area contributed by atoms with E-state index in [1.54, 1.807) is 12.1 Å². The molecule has 0 N–H and O–H groups in total. The second-order valence-electron chi connectivity index (χ2n) is 4.23. The maximum absolute atomic E-state index is 6.28. The standard InChI is InChI=1S/C14H18Cl3O3PS2/c1-4-6-23-21(22,19-5-2)20-14(9-15)10-7-12(17)13(18-3)8-11(10)16/h7-9H,4-6H2,1-3H3. The van der Waals surface area contributed by atoms with Crippen LogP contribution in [-0.2, 0) is 20.9 Å². The van der Waals surface area contributed by atoms with Crippen molar-refractivity contribution in [2.24, 2.45) is 0 Å². The van der Waals surface area contributed by atoms with E-state index in [1.807, 2.05) is 6.92 Å². The van der Waals surface area contributed by atoms with Gasteiger partial charge in [0.15, 0.2) is 0 Å².